The second-order valence-corrected chi connectivity index (χ2v) is 5.39. The highest BCUT2D eigenvalue weighted by Crippen LogP contribution is 2.27. The van der Waals surface area contributed by atoms with Gasteiger partial charge in [-0.25, -0.2) is 0 Å². The van der Waals surface area contributed by atoms with Crippen molar-refractivity contribution in [1.29, 1.82) is 0 Å². The van der Waals surface area contributed by atoms with Crippen LogP contribution in [0.4, 0.5) is 0 Å². The quantitative estimate of drug-likeness (QED) is 0.745. The van der Waals surface area contributed by atoms with Crippen molar-refractivity contribution in [2.45, 2.75) is 50.1 Å². The fourth-order valence-electron chi connectivity index (χ4n) is 2.47. The van der Waals surface area contributed by atoms with Crippen LogP contribution < -0.4 is 0 Å². The normalized spacial score (nSPS) is 22.6. The van der Waals surface area contributed by atoms with Crippen LogP contribution in [-0.2, 0) is 18.9 Å². The van der Waals surface area contributed by atoms with Crippen molar-refractivity contribution in [3.05, 3.63) is 0 Å². The lowest BCUT2D eigenvalue weighted by Crippen LogP contribution is -2.40. The summed E-state index contributed by atoms with van der Waals surface area (Å²) in [4.78, 5) is 0. The SMILES string of the molecule is C#CCC1(CC#CCC2(CC#C)OCCCO2)OCCCO1. The van der Waals surface area contributed by atoms with E-state index in [1.807, 2.05) is 0 Å². The Morgan fingerprint density at radius 3 is 1.32 bits per heavy atom. The molecule has 0 bridgehead atoms. The Morgan fingerprint density at radius 1 is 0.636 bits per heavy atom. The van der Waals surface area contributed by atoms with Crippen LogP contribution in [0.1, 0.15) is 38.5 Å². The zero-order valence-corrected chi connectivity index (χ0v) is 12.9. The molecule has 0 aromatic carbocycles. The second-order valence-electron chi connectivity index (χ2n) is 5.39. The largest absolute Gasteiger partial charge is 0.348 e. The highest BCUT2D eigenvalue weighted by molar-refractivity contribution is 5.09. The van der Waals surface area contributed by atoms with Crippen LogP contribution in [0.25, 0.3) is 0 Å². The van der Waals surface area contributed by atoms with Crippen molar-refractivity contribution in [1.82, 2.24) is 0 Å². The van der Waals surface area contributed by atoms with Crippen LogP contribution in [-0.4, -0.2) is 38.0 Å². The fourth-order valence-corrected chi connectivity index (χ4v) is 2.47. The maximum Gasteiger partial charge on any atom is 0.190 e. The Bertz CT molecular complexity index is 444. The molecule has 0 amide bonds. The molecular formula is C18H22O4. The Kier molecular flexibility index (Phi) is 6.32. The lowest BCUT2D eigenvalue weighted by Gasteiger charge is -2.35. The van der Waals surface area contributed by atoms with Gasteiger partial charge < -0.3 is 18.9 Å². The molecule has 0 atom stereocenters. The average Bonchev–Trinajstić information content (AvgIpc) is 2.54. The van der Waals surface area contributed by atoms with Gasteiger partial charge in [-0.2, -0.15) is 0 Å². The molecule has 2 saturated heterocycles. The minimum Gasteiger partial charge on any atom is -0.348 e. The number of terminal acetylenes is 2. The molecular weight excluding hydrogens is 280 g/mol. The van der Waals surface area contributed by atoms with Crippen LogP contribution in [0.5, 0.6) is 0 Å². The Balaban J connectivity index is 1.94. The number of ether oxygens (including phenoxy) is 4. The second kappa shape index (κ2) is 8.23. The number of hydrogen-bond acceptors (Lipinski definition) is 4. The Hall–Kier alpha value is -1.48. The first-order chi connectivity index (χ1) is 10.7. The summed E-state index contributed by atoms with van der Waals surface area (Å²) in [5, 5.41) is 0. The van der Waals surface area contributed by atoms with E-state index in [2.05, 4.69) is 23.7 Å². The van der Waals surface area contributed by atoms with E-state index in [-0.39, 0.29) is 0 Å². The molecule has 2 heterocycles. The van der Waals surface area contributed by atoms with Gasteiger partial charge in [-0.1, -0.05) is 11.8 Å². The van der Waals surface area contributed by atoms with Crippen molar-refractivity contribution in [2.24, 2.45) is 0 Å². The summed E-state index contributed by atoms with van der Waals surface area (Å²) >= 11 is 0. The van der Waals surface area contributed by atoms with E-state index in [1.54, 1.807) is 0 Å². The average molecular weight is 302 g/mol. The standard InChI is InChI=1S/C18H22O4/c1-3-9-17(19-13-7-14-20-17)11-5-6-12-18(10-4-2)21-15-8-16-22-18/h1-2H,7-16H2. The van der Waals surface area contributed by atoms with Crippen molar-refractivity contribution >= 4 is 0 Å². The Morgan fingerprint density at radius 2 is 1.00 bits per heavy atom. The van der Waals surface area contributed by atoms with Crippen LogP contribution in [0.15, 0.2) is 0 Å². The van der Waals surface area contributed by atoms with Gasteiger partial charge >= 0.3 is 0 Å². The zero-order valence-electron chi connectivity index (χ0n) is 12.9. The molecule has 4 nitrogen and oxygen atoms in total. The molecule has 0 saturated carbocycles. The molecule has 22 heavy (non-hydrogen) atoms. The topological polar surface area (TPSA) is 36.9 Å². The van der Waals surface area contributed by atoms with E-state index in [1.165, 1.54) is 0 Å². The highest BCUT2D eigenvalue weighted by atomic mass is 16.7. The molecule has 0 aliphatic carbocycles. The first-order valence-electron chi connectivity index (χ1n) is 7.63. The third kappa shape index (κ3) is 4.51. The molecule has 4 heteroatoms. The summed E-state index contributed by atoms with van der Waals surface area (Å²) in [5.74, 6) is 9.84. The number of hydrogen-bond donors (Lipinski definition) is 0. The minimum absolute atomic E-state index is 0.393. The predicted molar refractivity (Wildman–Crippen MR) is 82.4 cm³/mol. The van der Waals surface area contributed by atoms with Gasteiger partial charge in [-0.15, -0.1) is 24.7 Å². The fraction of sp³-hybridized carbons (Fsp3) is 0.667. The molecule has 2 fully saturated rings. The summed E-state index contributed by atoms with van der Waals surface area (Å²) in [6.45, 7) is 2.60. The minimum atomic E-state index is -0.770. The zero-order chi connectivity index (χ0) is 15.7. The summed E-state index contributed by atoms with van der Waals surface area (Å²) in [6, 6.07) is 0. The van der Waals surface area contributed by atoms with Crippen molar-refractivity contribution < 1.29 is 18.9 Å². The van der Waals surface area contributed by atoms with Crippen LogP contribution >= 0.6 is 0 Å². The Labute approximate surface area is 132 Å². The van der Waals surface area contributed by atoms with Gasteiger partial charge in [-0.3, -0.25) is 0 Å². The third-order valence-electron chi connectivity index (χ3n) is 3.62. The van der Waals surface area contributed by atoms with E-state index in [0.29, 0.717) is 52.1 Å². The van der Waals surface area contributed by atoms with E-state index < -0.39 is 11.6 Å². The lowest BCUT2D eigenvalue weighted by atomic mass is 10.1. The summed E-state index contributed by atoms with van der Waals surface area (Å²) in [7, 11) is 0. The molecule has 118 valence electrons. The highest BCUT2D eigenvalue weighted by Gasteiger charge is 2.34. The van der Waals surface area contributed by atoms with Crippen molar-refractivity contribution in [3.63, 3.8) is 0 Å². The van der Waals surface area contributed by atoms with E-state index in [4.69, 9.17) is 31.8 Å². The maximum absolute atomic E-state index is 5.71. The summed E-state index contributed by atoms with van der Waals surface area (Å²) in [5.41, 5.74) is 0. The predicted octanol–water partition coefficient (Wildman–Crippen LogP) is 2.08. The van der Waals surface area contributed by atoms with Gasteiger partial charge in [0.1, 0.15) is 0 Å². The third-order valence-corrected chi connectivity index (χ3v) is 3.62. The first-order valence-corrected chi connectivity index (χ1v) is 7.63. The molecule has 0 radical (unpaired) electrons. The summed E-state index contributed by atoms with van der Waals surface area (Å²) in [6.07, 6.45) is 14.2. The molecule has 0 aromatic rings. The molecule has 0 aromatic heterocycles. The van der Waals surface area contributed by atoms with Gasteiger partial charge in [0.05, 0.1) is 52.1 Å². The van der Waals surface area contributed by atoms with E-state index in [9.17, 15) is 0 Å². The van der Waals surface area contributed by atoms with Crippen molar-refractivity contribution in [2.75, 3.05) is 26.4 Å². The van der Waals surface area contributed by atoms with Gasteiger partial charge in [0.25, 0.3) is 0 Å². The monoisotopic (exact) mass is 302 g/mol. The van der Waals surface area contributed by atoms with Gasteiger partial charge in [0.15, 0.2) is 11.6 Å². The van der Waals surface area contributed by atoms with Crippen LogP contribution in [0, 0.1) is 36.5 Å². The van der Waals surface area contributed by atoms with E-state index >= 15 is 0 Å². The smallest absolute Gasteiger partial charge is 0.190 e. The molecule has 2 rings (SSSR count). The van der Waals surface area contributed by atoms with Gasteiger partial charge in [-0.05, 0) is 12.8 Å². The molecule has 2 aliphatic heterocycles. The molecule has 0 unspecified atom stereocenters. The van der Waals surface area contributed by atoms with Crippen molar-refractivity contribution in [3.8, 4) is 36.5 Å². The molecule has 0 spiro atoms. The molecule has 2 aliphatic rings. The maximum atomic E-state index is 5.71. The lowest BCUT2D eigenvalue weighted by molar-refractivity contribution is -0.262. The van der Waals surface area contributed by atoms with Gasteiger partial charge in [0.2, 0.25) is 0 Å². The summed E-state index contributed by atoms with van der Waals surface area (Å²) < 4.78 is 22.8. The van der Waals surface area contributed by atoms with Crippen LogP contribution in [0.3, 0.4) is 0 Å². The first kappa shape index (κ1) is 16.9. The number of rotatable bonds is 4. The van der Waals surface area contributed by atoms with E-state index in [0.717, 1.165) is 12.8 Å². The van der Waals surface area contributed by atoms with Crippen LogP contribution in [0.2, 0.25) is 0 Å². The molecule has 0 N–H and O–H groups in total. The van der Waals surface area contributed by atoms with Gasteiger partial charge in [0, 0.05) is 0 Å².